The van der Waals surface area contributed by atoms with E-state index in [0.29, 0.717) is 39.0 Å². The number of nitrogens with zero attached hydrogens (tertiary/aromatic N) is 1. The van der Waals surface area contributed by atoms with Crippen LogP contribution in [0.5, 0.6) is 5.75 Å². The number of rotatable bonds is 9. The lowest BCUT2D eigenvalue weighted by molar-refractivity contribution is -0.135. The van der Waals surface area contributed by atoms with Gasteiger partial charge in [0.25, 0.3) is 0 Å². The van der Waals surface area contributed by atoms with Gasteiger partial charge in [-0.1, -0.05) is 57.0 Å². The molecule has 0 aliphatic heterocycles. The molecule has 3 rings (SSSR count). The summed E-state index contributed by atoms with van der Waals surface area (Å²) in [5.74, 6) is 0.818. The number of halogens is 2. The van der Waals surface area contributed by atoms with E-state index in [4.69, 9.17) is 27.9 Å². The molecule has 2 amide bonds. The van der Waals surface area contributed by atoms with Gasteiger partial charge in [0.2, 0.25) is 0 Å². The van der Waals surface area contributed by atoms with Crippen molar-refractivity contribution in [2.45, 2.75) is 40.5 Å². The highest BCUT2D eigenvalue weighted by Crippen LogP contribution is 2.39. The summed E-state index contributed by atoms with van der Waals surface area (Å²) >= 11 is 12.0. The van der Waals surface area contributed by atoms with Crippen LogP contribution in [-0.2, 0) is 4.79 Å². The molecule has 1 fully saturated rings. The number of anilines is 3. The van der Waals surface area contributed by atoms with Crippen LogP contribution in [0, 0.1) is 17.8 Å². The van der Waals surface area contributed by atoms with Crippen LogP contribution in [0.2, 0.25) is 10.0 Å². The van der Waals surface area contributed by atoms with Crippen LogP contribution in [0.15, 0.2) is 36.4 Å². The molecule has 0 spiro atoms. The number of carbonyl (C=O) groups is 2. The minimum absolute atomic E-state index is 0.0611. The highest BCUT2D eigenvalue weighted by atomic mass is 35.5. The van der Waals surface area contributed by atoms with Gasteiger partial charge in [-0.25, -0.2) is 4.79 Å². The predicted molar refractivity (Wildman–Crippen MR) is 136 cm³/mol. The zero-order chi connectivity index (χ0) is 24.1. The summed E-state index contributed by atoms with van der Waals surface area (Å²) in [6.07, 6.45) is 1.68. The monoisotopic (exact) mass is 491 g/mol. The summed E-state index contributed by atoms with van der Waals surface area (Å²) in [5.41, 5.74) is 1.77. The van der Waals surface area contributed by atoms with Gasteiger partial charge in [0.15, 0.2) is 5.75 Å². The van der Waals surface area contributed by atoms with Crippen LogP contribution in [0.25, 0.3) is 0 Å². The fraction of sp³-hybridized carbons (Fsp3) is 0.440. The van der Waals surface area contributed by atoms with Crippen molar-refractivity contribution in [2.24, 2.45) is 17.8 Å². The average molecular weight is 492 g/mol. The van der Waals surface area contributed by atoms with Crippen molar-refractivity contribution in [1.82, 2.24) is 0 Å². The van der Waals surface area contributed by atoms with Crippen LogP contribution in [0.4, 0.5) is 21.9 Å². The van der Waals surface area contributed by atoms with E-state index in [2.05, 4.69) is 43.2 Å². The van der Waals surface area contributed by atoms with Crippen molar-refractivity contribution >= 4 is 52.3 Å². The summed E-state index contributed by atoms with van der Waals surface area (Å²) in [4.78, 5) is 27.6. The summed E-state index contributed by atoms with van der Waals surface area (Å²) in [5, 5.41) is 6.42. The highest BCUT2D eigenvalue weighted by Gasteiger charge is 2.32. The first-order valence-corrected chi connectivity index (χ1v) is 12.0. The molecule has 8 heteroatoms. The van der Waals surface area contributed by atoms with Crippen molar-refractivity contribution in [3.63, 3.8) is 0 Å². The number of ether oxygens (including phenoxy) is 1. The second-order valence-corrected chi connectivity index (χ2v) is 10.1. The predicted octanol–water partition coefficient (Wildman–Crippen LogP) is 7.07. The summed E-state index contributed by atoms with van der Waals surface area (Å²) < 4.78 is 5.71. The van der Waals surface area contributed by atoms with Crippen molar-refractivity contribution in [1.29, 1.82) is 0 Å². The molecule has 1 saturated carbocycles. The summed E-state index contributed by atoms with van der Waals surface area (Å²) in [6, 6.07) is 9.88. The number of esters is 1. The summed E-state index contributed by atoms with van der Waals surface area (Å²) in [7, 11) is 0. The Balaban J connectivity index is 1.92. The standard InChI is InChI=1S/C25H31Cl2N3O3/c1-15(2)13-30(14-16(3)4)21-6-5-7-22(33-24(31)17-8-9-17)23(21)29-25(32)28-18-10-11-19(26)20(27)12-18/h5-7,10-12,15-17H,8-9,13-14H2,1-4H3,(H2,28,29,32). The minimum atomic E-state index is -0.474. The van der Waals surface area contributed by atoms with Crippen LogP contribution < -0.4 is 20.3 Å². The Morgan fingerprint density at radius 3 is 2.24 bits per heavy atom. The van der Waals surface area contributed by atoms with E-state index in [1.807, 2.05) is 12.1 Å². The van der Waals surface area contributed by atoms with E-state index in [1.54, 1.807) is 24.3 Å². The first-order valence-electron chi connectivity index (χ1n) is 11.3. The maximum Gasteiger partial charge on any atom is 0.323 e. The minimum Gasteiger partial charge on any atom is -0.424 e. The van der Waals surface area contributed by atoms with Crippen LogP contribution >= 0.6 is 23.2 Å². The van der Waals surface area contributed by atoms with E-state index in [0.717, 1.165) is 31.6 Å². The molecule has 1 aliphatic carbocycles. The van der Waals surface area contributed by atoms with E-state index >= 15 is 0 Å². The number of hydrogen-bond acceptors (Lipinski definition) is 4. The molecule has 0 radical (unpaired) electrons. The third-order valence-corrected chi connectivity index (χ3v) is 5.79. The molecule has 0 heterocycles. The molecule has 0 saturated heterocycles. The number of benzene rings is 2. The van der Waals surface area contributed by atoms with Gasteiger partial charge in [-0.05, 0) is 55.0 Å². The Morgan fingerprint density at radius 2 is 1.67 bits per heavy atom. The lowest BCUT2D eigenvalue weighted by atomic mass is 10.1. The van der Waals surface area contributed by atoms with Gasteiger partial charge >= 0.3 is 12.0 Å². The first-order chi connectivity index (χ1) is 15.6. The molecule has 33 heavy (non-hydrogen) atoms. The third kappa shape index (κ3) is 7.27. The lowest BCUT2D eigenvalue weighted by Gasteiger charge is -2.31. The van der Waals surface area contributed by atoms with Crippen molar-refractivity contribution in [2.75, 3.05) is 28.6 Å². The summed E-state index contributed by atoms with van der Waals surface area (Å²) in [6.45, 7) is 10.2. The third-order valence-electron chi connectivity index (χ3n) is 5.05. The molecule has 2 N–H and O–H groups in total. The molecule has 178 valence electrons. The molecule has 0 unspecified atom stereocenters. The van der Waals surface area contributed by atoms with E-state index in [9.17, 15) is 9.59 Å². The van der Waals surface area contributed by atoms with Crippen molar-refractivity contribution in [3.8, 4) is 5.75 Å². The quantitative estimate of drug-likeness (QED) is 0.290. The Labute approximate surface area is 205 Å². The van der Waals surface area contributed by atoms with Gasteiger partial charge in [-0.3, -0.25) is 4.79 Å². The number of amides is 2. The molecule has 6 nitrogen and oxygen atoms in total. The second kappa shape index (κ2) is 11.1. The lowest BCUT2D eigenvalue weighted by Crippen LogP contribution is -2.33. The van der Waals surface area contributed by atoms with Crippen LogP contribution in [0.1, 0.15) is 40.5 Å². The number of nitrogens with one attached hydrogen (secondary N) is 2. The molecule has 0 bridgehead atoms. The average Bonchev–Trinajstić information content (AvgIpc) is 3.56. The van der Waals surface area contributed by atoms with Gasteiger partial charge < -0.3 is 20.3 Å². The molecule has 0 aromatic heterocycles. The second-order valence-electron chi connectivity index (χ2n) is 9.25. The highest BCUT2D eigenvalue weighted by molar-refractivity contribution is 6.42. The van der Waals surface area contributed by atoms with E-state index < -0.39 is 6.03 Å². The van der Waals surface area contributed by atoms with Gasteiger partial charge in [0.05, 0.1) is 21.7 Å². The number of urea groups is 1. The van der Waals surface area contributed by atoms with E-state index in [1.165, 1.54) is 0 Å². The molecule has 1 aliphatic rings. The zero-order valence-corrected chi connectivity index (χ0v) is 21.0. The number of para-hydroxylation sites is 1. The maximum absolute atomic E-state index is 12.9. The molecule has 2 aromatic rings. The normalized spacial score (nSPS) is 13.2. The topological polar surface area (TPSA) is 70.7 Å². The van der Waals surface area contributed by atoms with Crippen molar-refractivity contribution < 1.29 is 14.3 Å². The number of carbonyl (C=O) groups excluding carboxylic acids is 2. The molecular weight excluding hydrogens is 461 g/mol. The van der Waals surface area contributed by atoms with Crippen LogP contribution in [0.3, 0.4) is 0 Å². The van der Waals surface area contributed by atoms with Gasteiger partial charge in [0.1, 0.15) is 5.69 Å². The fourth-order valence-corrected chi connectivity index (χ4v) is 3.81. The maximum atomic E-state index is 12.9. The van der Waals surface area contributed by atoms with Gasteiger partial charge in [-0.2, -0.15) is 0 Å². The SMILES string of the molecule is CC(C)CN(CC(C)C)c1cccc(OC(=O)C2CC2)c1NC(=O)Nc1ccc(Cl)c(Cl)c1. The zero-order valence-electron chi connectivity index (χ0n) is 19.5. The van der Waals surface area contributed by atoms with E-state index in [-0.39, 0.29) is 11.9 Å². The molecular formula is C25H31Cl2N3O3. The van der Waals surface area contributed by atoms with Crippen LogP contribution in [-0.4, -0.2) is 25.1 Å². The Kier molecular flexibility index (Phi) is 8.49. The Morgan fingerprint density at radius 1 is 1.00 bits per heavy atom. The molecule has 2 aromatic carbocycles. The van der Waals surface area contributed by atoms with Gasteiger partial charge in [0, 0.05) is 18.8 Å². The van der Waals surface area contributed by atoms with Crippen molar-refractivity contribution in [3.05, 3.63) is 46.4 Å². The Hall–Kier alpha value is -2.44. The first kappa shape index (κ1) is 25.2. The largest absolute Gasteiger partial charge is 0.424 e. The molecule has 0 atom stereocenters. The Bertz CT molecular complexity index is 996. The number of hydrogen-bond donors (Lipinski definition) is 2. The smallest absolute Gasteiger partial charge is 0.323 e. The fourth-order valence-electron chi connectivity index (χ4n) is 3.51. The van der Waals surface area contributed by atoms with Gasteiger partial charge in [-0.15, -0.1) is 0 Å².